The number of para-hydroxylation sites is 1. The van der Waals surface area contributed by atoms with E-state index in [0.29, 0.717) is 5.56 Å². The molecule has 7 nitrogen and oxygen atoms in total. The summed E-state index contributed by atoms with van der Waals surface area (Å²) in [6, 6.07) is 8.19. The van der Waals surface area contributed by atoms with Gasteiger partial charge in [-0.05, 0) is 39.0 Å². The Morgan fingerprint density at radius 3 is 2.38 bits per heavy atom. The molecule has 0 spiro atoms. The van der Waals surface area contributed by atoms with Gasteiger partial charge in [0.05, 0.1) is 24.3 Å². The maximum atomic E-state index is 12.2. The Bertz CT molecular complexity index is 918. The third kappa shape index (κ3) is 6.53. The van der Waals surface area contributed by atoms with Crippen molar-refractivity contribution in [2.45, 2.75) is 33.6 Å². The molecule has 2 aromatic rings. The Labute approximate surface area is 173 Å². The van der Waals surface area contributed by atoms with Crippen LogP contribution in [0.1, 0.15) is 50.2 Å². The molecule has 0 saturated carbocycles. The van der Waals surface area contributed by atoms with Gasteiger partial charge in [0.2, 0.25) is 0 Å². The molecular formula is C21H23NO6S. The molecule has 1 aromatic heterocycles. The minimum atomic E-state index is -0.642. The van der Waals surface area contributed by atoms with Crippen LogP contribution in [0.25, 0.3) is 0 Å². The maximum absolute atomic E-state index is 12.2. The van der Waals surface area contributed by atoms with Gasteiger partial charge < -0.3 is 14.8 Å². The molecule has 0 unspecified atom stereocenters. The first-order valence-corrected chi connectivity index (χ1v) is 9.95. The van der Waals surface area contributed by atoms with E-state index >= 15 is 0 Å². The van der Waals surface area contributed by atoms with Crippen LogP contribution in [0, 0.1) is 13.8 Å². The van der Waals surface area contributed by atoms with Gasteiger partial charge in [-0.2, -0.15) is 0 Å². The van der Waals surface area contributed by atoms with Gasteiger partial charge in [0.25, 0.3) is 5.91 Å². The first kappa shape index (κ1) is 22.3. The Kier molecular flexibility index (Phi) is 8.09. The summed E-state index contributed by atoms with van der Waals surface area (Å²) in [7, 11) is 0. The SMILES string of the molecule is CCOC(=O)c1ccccc1NC(=O)COC(=O)CCC(=O)c1cc(C)sc1C. The fourth-order valence-electron chi connectivity index (χ4n) is 2.64. The van der Waals surface area contributed by atoms with Crippen LogP contribution in [-0.2, 0) is 19.1 Å². The maximum Gasteiger partial charge on any atom is 0.340 e. The molecule has 154 valence electrons. The van der Waals surface area contributed by atoms with Crippen molar-refractivity contribution in [3.8, 4) is 0 Å². The van der Waals surface area contributed by atoms with E-state index in [1.54, 1.807) is 25.1 Å². The third-order valence-corrected chi connectivity index (χ3v) is 4.92. The lowest BCUT2D eigenvalue weighted by Gasteiger charge is -2.10. The summed E-state index contributed by atoms with van der Waals surface area (Å²) in [5, 5.41) is 2.52. The summed E-state index contributed by atoms with van der Waals surface area (Å²) in [5.74, 6) is -1.92. The number of carbonyl (C=O) groups excluding carboxylic acids is 4. The summed E-state index contributed by atoms with van der Waals surface area (Å²) in [4.78, 5) is 50.0. The predicted octanol–water partition coefficient (Wildman–Crippen LogP) is 3.69. The lowest BCUT2D eigenvalue weighted by atomic mass is 10.1. The number of Topliss-reactive ketones (excluding diaryl/α,β-unsaturated/α-hetero) is 1. The topological polar surface area (TPSA) is 98.8 Å². The molecule has 0 saturated heterocycles. The van der Waals surface area contributed by atoms with Crippen LogP contribution in [0.2, 0.25) is 0 Å². The number of ketones is 1. The highest BCUT2D eigenvalue weighted by molar-refractivity contribution is 7.12. The lowest BCUT2D eigenvalue weighted by molar-refractivity contribution is -0.147. The van der Waals surface area contributed by atoms with Crippen molar-refractivity contribution in [3.63, 3.8) is 0 Å². The normalized spacial score (nSPS) is 10.3. The van der Waals surface area contributed by atoms with Gasteiger partial charge in [-0.3, -0.25) is 14.4 Å². The molecule has 0 atom stereocenters. The number of hydrogen-bond donors (Lipinski definition) is 1. The molecule has 0 radical (unpaired) electrons. The summed E-state index contributed by atoms with van der Waals surface area (Å²) in [6.45, 7) is 5.16. The summed E-state index contributed by atoms with van der Waals surface area (Å²) in [5.41, 5.74) is 1.10. The average molecular weight is 417 g/mol. The van der Waals surface area contributed by atoms with Crippen LogP contribution in [0.15, 0.2) is 30.3 Å². The van der Waals surface area contributed by atoms with Crippen LogP contribution in [-0.4, -0.2) is 36.8 Å². The molecule has 0 bridgehead atoms. The van der Waals surface area contributed by atoms with Gasteiger partial charge in [0.1, 0.15) is 0 Å². The van der Waals surface area contributed by atoms with E-state index < -0.39 is 24.5 Å². The third-order valence-electron chi connectivity index (χ3n) is 3.96. The largest absolute Gasteiger partial charge is 0.462 e. The molecule has 0 aliphatic carbocycles. The minimum Gasteiger partial charge on any atom is -0.462 e. The predicted molar refractivity (Wildman–Crippen MR) is 109 cm³/mol. The number of hydrogen-bond acceptors (Lipinski definition) is 7. The van der Waals surface area contributed by atoms with E-state index in [1.165, 1.54) is 17.4 Å². The zero-order chi connectivity index (χ0) is 21.4. The molecule has 1 heterocycles. The van der Waals surface area contributed by atoms with E-state index in [-0.39, 0.29) is 36.5 Å². The van der Waals surface area contributed by atoms with Crippen molar-refractivity contribution in [3.05, 3.63) is 51.2 Å². The van der Waals surface area contributed by atoms with Gasteiger partial charge >= 0.3 is 11.9 Å². The Morgan fingerprint density at radius 2 is 1.72 bits per heavy atom. The first-order chi connectivity index (χ1) is 13.8. The number of anilines is 1. The number of thiophene rings is 1. The molecule has 0 aliphatic rings. The van der Waals surface area contributed by atoms with Gasteiger partial charge in [0.15, 0.2) is 12.4 Å². The van der Waals surface area contributed by atoms with Crippen LogP contribution in [0.4, 0.5) is 5.69 Å². The first-order valence-electron chi connectivity index (χ1n) is 9.13. The molecule has 8 heteroatoms. The standard InChI is InChI=1S/C21H23NO6S/c1-4-27-21(26)15-7-5-6-8-17(15)22-19(24)12-28-20(25)10-9-18(23)16-11-13(2)29-14(16)3/h5-8,11H,4,9-10,12H2,1-3H3,(H,22,24). The van der Waals surface area contributed by atoms with Crippen molar-refractivity contribution in [1.82, 2.24) is 0 Å². The summed E-state index contributed by atoms with van der Waals surface area (Å²) in [6.07, 6.45) is -0.0942. The molecular weight excluding hydrogens is 394 g/mol. The number of aryl methyl sites for hydroxylation is 2. The average Bonchev–Trinajstić information content (AvgIpc) is 3.03. The molecule has 0 aliphatic heterocycles. The number of nitrogens with one attached hydrogen (secondary N) is 1. The zero-order valence-corrected chi connectivity index (χ0v) is 17.4. The fraction of sp³-hybridized carbons (Fsp3) is 0.333. The van der Waals surface area contributed by atoms with Crippen molar-refractivity contribution >= 4 is 40.7 Å². The molecule has 1 amide bonds. The molecule has 29 heavy (non-hydrogen) atoms. The highest BCUT2D eigenvalue weighted by Crippen LogP contribution is 2.22. The summed E-state index contributed by atoms with van der Waals surface area (Å²) < 4.78 is 9.87. The number of ether oxygens (including phenoxy) is 2. The second-order valence-corrected chi connectivity index (χ2v) is 7.69. The van der Waals surface area contributed by atoms with E-state index in [0.717, 1.165) is 9.75 Å². The van der Waals surface area contributed by atoms with Crippen molar-refractivity contribution in [2.75, 3.05) is 18.5 Å². The second-order valence-electron chi connectivity index (χ2n) is 6.23. The number of carbonyl (C=O) groups is 4. The van der Waals surface area contributed by atoms with E-state index in [1.807, 2.05) is 19.9 Å². The number of benzene rings is 1. The summed E-state index contributed by atoms with van der Waals surface area (Å²) >= 11 is 1.53. The van der Waals surface area contributed by atoms with Gasteiger partial charge in [-0.25, -0.2) is 4.79 Å². The van der Waals surface area contributed by atoms with Crippen molar-refractivity contribution in [1.29, 1.82) is 0 Å². The van der Waals surface area contributed by atoms with E-state index in [9.17, 15) is 19.2 Å². The van der Waals surface area contributed by atoms with Crippen LogP contribution in [0.5, 0.6) is 0 Å². The number of rotatable bonds is 9. The molecule has 0 fully saturated rings. The molecule has 1 N–H and O–H groups in total. The van der Waals surface area contributed by atoms with Crippen molar-refractivity contribution in [2.24, 2.45) is 0 Å². The highest BCUT2D eigenvalue weighted by atomic mass is 32.1. The van der Waals surface area contributed by atoms with E-state index in [2.05, 4.69) is 5.32 Å². The smallest absolute Gasteiger partial charge is 0.340 e. The molecule has 2 rings (SSSR count). The number of amides is 1. The van der Waals surface area contributed by atoms with Crippen LogP contribution >= 0.6 is 11.3 Å². The Balaban J connectivity index is 1.82. The van der Waals surface area contributed by atoms with E-state index in [4.69, 9.17) is 9.47 Å². The Hall–Kier alpha value is -3.00. The van der Waals surface area contributed by atoms with Crippen LogP contribution < -0.4 is 5.32 Å². The minimum absolute atomic E-state index is 0.0170. The van der Waals surface area contributed by atoms with Gasteiger partial charge in [-0.1, -0.05) is 12.1 Å². The Morgan fingerprint density at radius 1 is 1.00 bits per heavy atom. The van der Waals surface area contributed by atoms with Crippen LogP contribution in [0.3, 0.4) is 0 Å². The molecule has 1 aromatic carbocycles. The van der Waals surface area contributed by atoms with Gasteiger partial charge in [-0.15, -0.1) is 11.3 Å². The quantitative estimate of drug-likeness (QED) is 0.494. The monoisotopic (exact) mass is 417 g/mol. The van der Waals surface area contributed by atoms with Gasteiger partial charge in [0, 0.05) is 21.7 Å². The highest BCUT2D eigenvalue weighted by Gasteiger charge is 2.17. The lowest BCUT2D eigenvalue weighted by Crippen LogP contribution is -2.22. The fourth-order valence-corrected chi connectivity index (χ4v) is 3.58. The second kappa shape index (κ2) is 10.5. The number of esters is 2. The zero-order valence-electron chi connectivity index (χ0n) is 16.6. The van der Waals surface area contributed by atoms with Crippen molar-refractivity contribution < 1.29 is 28.7 Å².